The first-order valence-corrected chi connectivity index (χ1v) is 5.75. The van der Waals surface area contributed by atoms with E-state index < -0.39 is 0 Å². The standard InChI is InChI=1S/C12H22O3/c1-3-4-5-6-11(9-10-13)7-8-12(14)15-2/h10-11H,3-9H2,1-2H3. The number of aldehydes is 1. The number of carbonyl (C=O) groups excluding carboxylic acids is 2. The van der Waals surface area contributed by atoms with Crippen molar-refractivity contribution in [3.63, 3.8) is 0 Å². The van der Waals surface area contributed by atoms with E-state index in [2.05, 4.69) is 11.7 Å². The third-order valence-corrected chi connectivity index (χ3v) is 2.63. The largest absolute Gasteiger partial charge is 0.469 e. The summed E-state index contributed by atoms with van der Waals surface area (Å²) in [4.78, 5) is 21.4. The Morgan fingerprint density at radius 3 is 2.60 bits per heavy atom. The fraction of sp³-hybridized carbons (Fsp3) is 0.833. The third kappa shape index (κ3) is 8.16. The van der Waals surface area contributed by atoms with Crippen LogP contribution in [0.5, 0.6) is 0 Å². The highest BCUT2D eigenvalue weighted by Gasteiger charge is 2.10. The Hall–Kier alpha value is -0.860. The number of ether oxygens (including phenoxy) is 1. The fourth-order valence-electron chi connectivity index (χ4n) is 1.62. The Labute approximate surface area is 92.2 Å². The van der Waals surface area contributed by atoms with Crippen LogP contribution in [0, 0.1) is 5.92 Å². The molecule has 3 heteroatoms. The van der Waals surface area contributed by atoms with Crippen LogP contribution in [0.1, 0.15) is 51.9 Å². The lowest BCUT2D eigenvalue weighted by atomic mass is 9.94. The molecule has 0 aromatic heterocycles. The van der Waals surface area contributed by atoms with Crippen molar-refractivity contribution in [2.45, 2.75) is 51.9 Å². The van der Waals surface area contributed by atoms with E-state index in [0.29, 0.717) is 18.8 Å². The molecule has 0 saturated heterocycles. The smallest absolute Gasteiger partial charge is 0.305 e. The van der Waals surface area contributed by atoms with Gasteiger partial charge in [0.25, 0.3) is 0 Å². The van der Waals surface area contributed by atoms with Crippen LogP contribution >= 0.6 is 0 Å². The van der Waals surface area contributed by atoms with E-state index in [1.54, 1.807) is 0 Å². The predicted molar refractivity (Wildman–Crippen MR) is 59.6 cm³/mol. The van der Waals surface area contributed by atoms with Crippen molar-refractivity contribution in [3.8, 4) is 0 Å². The molecule has 0 rings (SSSR count). The molecule has 0 N–H and O–H groups in total. The molecule has 0 radical (unpaired) electrons. The summed E-state index contributed by atoms with van der Waals surface area (Å²) in [5.74, 6) is 0.176. The van der Waals surface area contributed by atoms with E-state index in [1.807, 2.05) is 0 Å². The zero-order chi connectivity index (χ0) is 11.5. The number of hydrogen-bond acceptors (Lipinski definition) is 3. The van der Waals surface area contributed by atoms with Crippen molar-refractivity contribution in [3.05, 3.63) is 0 Å². The molecule has 0 heterocycles. The molecule has 0 bridgehead atoms. The molecule has 0 aromatic rings. The fourth-order valence-corrected chi connectivity index (χ4v) is 1.62. The average molecular weight is 214 g/mol. The normalized spacial score (nSPS) is 12.1. The van der Waals surface area contributed by atoms with Gasteiger partial charge in [-0.3, -0.25) is 4.79 Å². The molecule has 0 aliphatic carbocycles. The SMILES string of the molecule is CCCCCC(CC=O)CCC(=O)OC. The summed E-state index contributed by atoms with van der Waals surface area (Å²) in [5, 5.41) is 0. The Morgan fingerprint density at radius 2 is 2.07 bits per heavy atom. The molecule has 3 nitrogen and oxygen atoms in total. The van der Waals surface area contributed by atoms with E-state index in [9.17, 15) is 9.59 Å². The Bertz CT molecular complexity index is 178. The third-order valence-electron chi connectivity index (χ3n) is 2.63. The second-order valence-corrected chi connectivity index (χ2v) is 3.88. The van der Waals surface area contributed by atoms with Crippen LogP contribution in [0.3, 0.4) is 0 Å². The van der Waals surface area contributed by atoms with Crippen LogP contribution in [-0.2, 0) is 14.3 Å². The summed E-state index contributed by atoms with van der Waals surface area (Å²) in [7, 11) is 1.40. The zero-order valence-corrected chi connectivity index (χ0v) is 9.83. The number of esters is 1. The summed E-state index contributed by atoms with van der Waals surface area (Å²) >= 11 is 0. The molecule has 0 spiro atoms. The molecule has 0 aromatic carbocycles. The van der Waals surface area contributed by atoms with Crippen molar-refractivity contribution in [2.24, 2.45) is 5.92 Å². The minimum atomic E-state index is -0.179. The molecular formula is C12H22O3. The Kier molecular flexibility index (Phi) is 9.13. The minimum Gasteiger partial charge on any atom is -0.469 e. The monoisotopic (exact) mass is 214 g/mol. The van der Waals surface area contributed by atoms with Gasteiger partial charge in [-0.2, -0.15) is 0 Å². The van der Waals surface area contributed by atoms with Gasteiger partial charge in [0.1, 0.15) is 6.29 Å². The molecule has 1 unspecified atom stereocenters. The number of rotatable bonds is 9. The number of hydrogen-bond donors (Lipinski definition) is 0. The van der Waals surface area contributed by atoms with Crippen LogP contribution in [0.25, 0.3) is 0 Å². The molecule has 0 saturated carbocycles. The average Bonchev–Trinajstić information content (AvgIpc) is 2.25. The van der Waals surface area contributed by atoms with Crippen molar-refractivity contribution < 1.29 is 14.3 Å². The van der Waals surface area contributed by atoms with Crippen molar-refractivity contribution in [2.75, 3.05) is 7.11 Å². The lowest BCUT2D eigenvalue weighted by Gasteiger charge is -2.12. The molecule has 15 heavy (non-hydrogen) atoms. The van der Waals surface area contributed by atoms with Gasteiger partial charge < -0.3 is 9.53 Å². The molecule has 0 aliphatic heterocycles. The molecule has 0 fully saturated rings. The van der Waals surface area contributed by atoms with Gasteiger partial charge in [-0.05, 0) is 12.3 Å². The second kappa shape index (κ2) is 9.69. The summed E-state index contributed by atoms with van der Waals surface area (Å²) in [6.45, 7) is 2.16. The van der Waals surface area contributed by atoms with Crippen molar-refractivity contribution in [1.82, 2.24) is 0 Å². The summed E-state index contributed by atoms with van der Waals surface area (Å²) in [5.41, 5.74) is 0. The number of carbonyl (C=O) groups is 2. The van der Waals surface area contributed by atoms with Crippen molar-refractivity contribution >= 4 is 12.3 Å². The molecule has 88 valence electrons. The molecule has 0 aliphatic rings. The highest BCUT2D eigenvalue weighted by molar-refractivity contribution is 5.69. The highest BCUT2D eigenvalue weighted by Crippen LogP contribution is 2.18. The summed E-state index contributed by atoms with van der Waals surface area (Å²) in [6, 6.07) is 0. The summed E-state index contributed by atoms with van der Waals surface area (Å²) < 4.78 is 4.58. The van der Waals surface area contributed by atoms with Crippen LogP contribution in [-0.4, -0.2) is 19.4 Å². The number of methoxy groups -OCH3 is 1. The van der Waals surface area contributed by atoms with Crippen LogP contribution < -0.4 is 0 Å². The van der Waals surface area contributed by atoms with E-state index in [-0.39, 0.29) is 5.97 Å². The van der Waals surface area contributed by atoms with Crippen LogP contribution in [0.4, 0.5) is 0 Å². The predicted octanol–water partition coefficient (Wildman–Crippen LogP) is 2.73. The molecule has 0 amide bonds. The maximum absolute atomic E-state index is 10.9. The molecule has 1 atom stereocenters. The highest BCUT2D eigenvalue weighted by atomic mass is 16.5. The first-order chi connectivity index (χ1) is 7.24. The van der Waals surface area contributed by atoms with E-state index >= 15 is 0 Å². The van der Waals surface area contributed by atoms with Crippen LogP contribution in [0.2, 0.25) is 0 Å². The topological polar surface area (TPSA) is 43.4 Å². The number of unbranched alkanes of at least 4 members (excludes halogenated alkanes) is 2. The first-order valence-electron chi connectivity index (χ1n) is 5.75. The minimum absolute atomic E-state index is 0.179. The van der Waals surface area contributed by atoms with Gasteiger partial charge in [-0.15, -0.1) is 0 Å². The Morgan fingerprint density at radius 1 is 1.33 bits per heavy atom. The van der Waals surface area contributed by atoms with Gasteiger partial charge in [-0.1, -0.05) is 32.6 Å². The van der Waals surface area contributed by atoms with Gasteiger partial charge in [0.05, 0.1) is 7.11 Å². The van der Waals surface area contributed by atoms with Gasteiger partial charge in [0.2, 0.25) is 0 Å². The quantitative estimate of drug-likeness (QED) is 0.337. The lowest BCUT2D eigenvalue weighted by molar-refractivity contribution is -0.141. The first kappa shape index (κ1) is 14.1. The maximum atomic E-state index is 10.9. The lowest BCUT2D eigenvalue weighted by Crippen LogP contribution is -2.07. The summed E-state index contributed by atoms with van der Waals surface area (Å²) in [6.07, 6.45) is 7.31. The maximum Gasteiger partial charge on any atom is 0.305 e. The van der Waals surface area contributed by atoms with E-state index in [4.69, 9.17) is 0 Å². The van der Waals surface area contributed by atoms with Gasteiger partial charge in [-0.25, -0.2) is 0 Å². The zero-order valence-electron chi connectivity index (χ0n) is 9.83. The van der Waals surface area contributed by atoms with Gasteiger partial charge in [0.15, 0.2) is 0 Å². The Balaban J connectivity index is 3.71. The second-order valence-electron chi connectivity index (χ2n) is 3.88. The van der Waals surface area contributed by atoms with Crippen LogP contribution in [0.15, 0.2) is 0 Å². The van der Waals surface area contributed by atoms with E-state index in [0.717, 1.165) is 25.5 Å². The van der Waals surface area contributed by atoms with Gasteiger partial charge in [0, 0.05) is 12.8 Å². The van der Waals surface area contributed by atoms with Gasteiger partial charge >= 0.3 is 5.97 Å². The van der Waals surface area contributed by atoms with E-state index in [1.165, 1.54) is 20.0 Å². The van der Waals surface area contributed by atoms with Crippen molar-refractivity contribution in [1.29, 1.82) is 0 Å². The molecular weight excluding hydrogens is 192 g/mol.